The highest BCUT2D eigenvalue weighted by molar-refractivity contribution is 5.99. The lowest BCUT2D eigenvalue weighted by molar-refractivity contribution is 0.0791. The molecule has 5 nitrogen and oxygen atoms in total. The van der Waals surface area contributed by atoms with Gasteiger partial charge in [0, 0.05) is 37.0 Å². The summed E-state index contributed by atoms with van der Waals surface area (Å²) >= 11 is 0. The van der Waals surface area contributed by atoms with Crippen LogP contribution < -0.4 is 0 Å². The number of rotatable bonds is 3. The van der Waals surface area contributed by atoms with E-state index in [1.165, 1.54) is 23.9 Å². The van der Waals surface area contributed by atoms with Gasteiger partial charge in [-0.1, -0.05) is 5.16 Å². The van der Waals surface area contributed by atoms with E-state index in [9.17, 15) is 9.18 Å². The third-order valence-corrected chi connectivity index (χ3v) is 4.56. The SMILES string of the molecule is O=C(c1cnoc1-c1ccc(F)cc1)N1CCC(c2ccncc2)C1. The van der Waals surface area contributed by atoms with Crippen molar-refractivity contribution in [3.05, 3.63) is 71.9 Å². The van der Waals surface area contributed by atoms with Crippen LogP contribution >= 0.6 is 0 Å². The maximum absolute atomic E-state index is 13.1. The van der Waals surface area contributed by atoms with Crippen LogP contribution in [0.25, 0.3) is 11.3 Å². The average molecular weight is 337 g/mol. The minimum absolute atomic E-state index is 0.114. The Morgan fingerprint density at radius 2 is 1.92 bits per heavy atom. The maximum Gasteiger partial charge on any atom is 0.259 e. The van der Waals surface area contributed by atoms with E-state index in [1.807, 2.05) is 17.0 Å². The average Bonchev–Trinajstić information content (AvgIpc) is 3.32. The van der Waals surface area contributed by atoms with Crippen molar-refractivity contribution in [3.8, 4) is 11.3 Å². The van der Waals surface area contributed by atoms with Gasteiger partial charge < -0.3 is 9.42 Å². The molecule has 1 fully saturated rings. The van der Waals surface area contributed by atoms with E-state index in [0.717, 1.165) is 6.42 Å². The number of carbonyl (C=O) groups is 1. The zero-order valence-electron chi connectivity index (χ0n) is 13.4. The largest absolute Gasteiger partial charge is 0.355 e. The van der Waals surface area contributed by atoms with Gasteiger partial charge in [-0.3, -0.25) is 9.78 Å². The third-order valence-electron chi connectivity index (χ3n) is 4.56. The summed E-state index contributed by atoms with van der Waals surface area (Å²) in [5.74, 6) is 0.228. The van der Waals surface area contributed by atoms with Gasteiger partial charge in [0.2, 0.25) is 0 Å². The lowest BCUT2D eigenvalue weighted by Crippen LogP contribution is -2.28. The molecule has 3 aromatic rings. The van der Waals surface area contributed by atoms with Crippen LogP contribution in [0.1, 0.15) is 28.3 Å². The topological polar surface area (TPSA) is 59.2 Å². The van der Waals surface area contributed by atoms with Crippen molar-refractivity contribution in [1.82, 2.24) is 15.0 Å². The second-order valence-electron chi connectivity index (χ2n) is 6.09. The zero-order valence-corrected chi connectivity index (χ0v) is 13.4. The lowest BCUT2D eigenvalue weighted by Gasteiger charge is -2.16. The molecule has 2 aromatic heterocycles. The minimum Gasteiger partial charge on any atom is -0.355 e. The molecule has 0 N–H and O–H groups in total. The number of halogens is 1. The molecule has 0 aliphatic carbocycles. The summed E-state index contributed by atoms with van der Waals surface area (Å²) in [6, 6.07) is 9.81. The minimum atomic E-state index is -0.337. The number of hydrogen-bond acceptors (Lipinski definition) is 4. The van der Waals surface area contributed by atoms with Crippen molar-refractivity contribution in [2.45, 2.75) is 12.3 Å². The van der Waals surface area contributed by atoms with E-state index in [-0.39, 0.29) is 11.7 Å². The summed E-state index contributed by atoms with van der Waals surface area (Å²) in [5.41, 5.74) is 2.23. The molecule has 0 bridgehead atoms. The number of nitrogens with zero attached hydrogens (tertiary/aromatic N) is 3. The molecule has 4 rings (SSSR count). The van der Waals surface area contributed by atoms with E-state index in [1.54, 1.807) is 24.5 Å². The normalized spacial score (nSPS) is 17.0. The van der Waals surface area contributed by atoms with Crippen LogP contribution in [0.5, 0.6) is 0 Å². The first-order valence-electron chi connectivity index (χ1n) is 8.12. The second-order valence-corrected chi connectivity index (χ2v) is 6.09. The standard InChI is InChI=1S/C19H16FN3O2/c20-16-3-1-14(2-4-16)18-17(11-22-25-18)19(24)23-10-7-15(12-23)13-5-8-21-9-6-13/h1-6,8-9,11,15H,7,10,12H2. The summed E-state index contributed by atoms with van der Waals surface area (Å²) in [5, 5.41) is 3.77. The molecule has 1 unspecified atom stereocenters. The number of likely N-dealkylation sites (tertiary alicyclic amines) is 1. The number of hydrogen-bond donors (Lipinski definition) is 0. The Morgan fingerprint density at radius 1 is 1.16 bits per heavy atom. The molecule has 1 aliphatic rings. The smallest absolute Gasteiger partial charge is 0.259 e. The Labute approximate surface area is 144 Å². The fourth-order valence-corrected chi connectivity index (χ4v) is 3.22. The first-order valence-corrected chi connectivity index (χ1v) is 8.12. The summed E-state index contributed by atoms with van der Waals surface area (Å²) in [7, 11) is 0. The van der Waals surface area contributed by atoms with Crippen LogP contribution in [0, 0.1) is 5.82 Å². The van der Waals surface area contributed by atoms with Crippen molar-refractivity contribution in [2.24, 2.45) is 0 Å². The van der Waals surface area contributed by atoms with Crippen molar-refractivity contribution in [3.63, 3.8) is 0 Å². The molecular formula is C19H16FN3O2. The molecule has 1 amide bonds. The second kappa shape index (κ2) is 6.47. The molecule has 126 valence electrons. The molecule has 3 heterocycles. The van der Waals surface area contributed by atoms with Crippen molar-refractivity contribution < 1.29 is 13.7 Å². The summed E-state index contributed by atoms with van der Waals surface area (Å²) in [6.07, 6.45) is 5.88. The Hall–Kier alpha value is -3.02. The molecule has 1 saturated heterocycles. The molecule has 6 heteroatoms. The van der Waals surface area contributed by atoms with Gasteiger partial charge >= 0.3 is 0 Å². The zero-order chi connectivity index (χ0) is 17.2. The predicted octanol–water partition coefficient (Wildman–Crippen LogP) is 3.51. The van der Waals surface area contributed by atoms with Gasteiger partial charge in [-0.2, -0.15) is 0 Å². The Bertz CT molecular complexity index is 877. The molecule has 1 aromatic carbocycles. The first kappa shape index (κ1) is 15.5. The fraction of sp³-hybridized carbons (Fsp3) is 0.211. The number of pyridine rings is 1. The van der Waals surface area contributed by atoms with Crippen LogP contribution in [0.3, 0.4) is 0 Å². The molecule has 1 atom stereocenters. The van der Waals surface area contributed by atoms with Gasteiger partial charge in [-0.05, 0) is 48.4 Å². The summed E-state index contributed by atoms with van der Waals surface area (Å²) < 4.78 is 18.4. The Kier molecular flexibility index (Phi) is 4.01. The van der Waals surface area contributed by atoms with E-state index in [4.69, 9.17) is 4.52 Å². The Balaban J connectivity index is 1.55. The molecule has 25 heavy (non-hydrogen) atoms. The van der Waals surface area contributed by atoms with Gasteiger partial charge in [-0.25, -0.2) is 4.39 Å². The van der Waals surface area contributed by atoms with Crippen LogP contribution in [0.15, 0.2) is 59.5 Å². The van der Waals surface area contributed by atoms with Gasteiger partial charge in [-0.15, -0.1) is 0 Å². The van der Waals surface area contributed by atoms with Crippen LogP contribution in [-0.4, -0.2) is 34.0 Å². The van der Waals surface area contributed by atoms with Gasteiger partial charge in [0.05, 0.1) is 6.20 Å². The van der Waals surface area contributed by atoms with Crippen LogP contribution in [0.2, 0.25) is 0 Å². The fourth-order valence-electron chi connectivity index (χ4n) is 3.22. The number of benzene rings is 1. The van der Waals surface area contributed by atoms with Gasteiger partial charge in [0.25, 0.3) is 5.91 Å². The highest BCUT2D eigenvalue weighted by Crippen LogP contribution is 2.30. The van der Waals surface area contributed by atoms with Crippen LogP contribution in [-0.2, 0) is 0 Å². The van der Waals surface area contributed by atoms with E-state index in [0.29, 0.717) is 35.9 Å². The lowest BCUT2D eigenvalue weighted by atomic mass is 10.00. The molecule has 0 saturated carbocycles. The number of aromatic nitrogens is 2. The third kappa shape index (κ3) is 3.03. The van der Waals surface area contributed by atoms with E-state index >= 15 is 0 Å². The van der Waals surface area contributed by atoms with Crippen LogP contribution in [0.4, 0.5) is 4.39 Å². The van der Waals surface area contributed by atoms with Gasteiger partial charge in [0.1, 0.15) is 11.4 Å². The summed E-state index contributed by atoms with van der Waals surface area (Å²) in [4.78, 5) is 18.7. The monoisotopic (exact) mass is 337 g/mol. The number of amides is 1. The Morgan fingerprint density at radius 3 is 2.68 bits per heavy atom. The summed E-state index contributed by atoms with van der Waals surface area (Å²) in [6.45, 7) is 1.33. The highest BCUT2D eigenvalue weighted by atomic mass is 19.1. The van der Waals surface area contributed by atoms with E-state index < -0.39 is 0 Å². The number of carbonyl (C=O) groups excluding carboxylic acids is 1. The molecule has 0 spiro atoms. The highest BCUT2D eigenvalue weighted by Gasteiger charge is 2.30. The maximum atomic E-state index is 13.1. The molecule has 0 radical (unpaired) electrons. The first-order chi connectivity index (χ1) is 12.2. The van der Waals surface area contributed by atoms with Crippen molar-refractivity contribution in [1.29, 1.82) is 0 Å². The quantitative estimate of drug-likeness (QED) is 0.734. The van der Waals surface area contributed by atoms with Crippen molar-refractivity contribution in [2.75, 3.05) is 13.1 Å². The van der Waals surface area contributed by atoms with Crippen molar-refractivity contribution >= 4 is 5.91 Å². The van der Waals surface area contributed by atoms with E-state index in [2.05, 4.69) is 10.1 Å². The predicted molar refractivity (Wildman–Crippen MR) is 89.4 cm³/mol. The molecule has 1 aliphatic heterocycles. The van der Waals surface area contributed by atoms with Gasteiger partial charge in [0.15, 0.2) is 5.76 Å². The molecular weight excluding hydrogens is 321 g/mol.